The van der Waals surface area contributed by atoms with Gasteiger partial charge in [-0.25, -0.2) is 4.98 Å². The predicted octanol–water partition coefficient (Wildman–Crippen LogP) is 2.66. The van der Waals surface area contributed by atoms with Crippen LogP contribution in [0.2, 0.25) is 5.15 Å². The van der Waals surface area contributed by atoms with Crippen molar-refractivity contribution in [3.63, 3.8) is 0 Å². The summed E-state index contributed by atoms with van der Waals surface area (Å²) in [6.45, 7) is 2.08. The number of hydrogen-bond acceptors (Lipinski definition) is 3. The van der Waals surface area contributed by atoms with Gasteiger partial charge in [-0.2, -0.15) is 5.10 Å². The third-order valence-electron chi connectivity index (χ3n) is 2.38. The highest BCUT2D eigenvalue weighted by Gasteiger charge is 2.08. The van der Waals surface area contributed by atoms with Crippen molar-refractivity contribution in [2.45, 2.75) is 19.8 Å². The van der Waals surface area contributed by atoms with Gasteiger partial charge >= 0.3 is 0 Å². The van der Waals surface area contributed by atoms with Gasteiger partial charge in [-0.15, -0.1) is 0 Å². The number of carbonyl (C=O) groups is 1. The first-order valence-corrected chi connectivity index (χ1v) is 6.04. The summed E-state index contributed by atoms with van der Waals surface area (Å²) in [5, 5.41) is 9.94. The second kappa shape index (κ2) is 5.64. The van der Waals surface area contributed by atoms with Crippen LogP contribution in [0.4, 0.5) is 5.82 Å². The molecule has 5 nitrogen and oxygen atoms in total. The van der Waals surface area contributed by atoms with E-state index in [0.29, 0.717) is 16.5 Å². The average Bonchev–Trinajstić information content (AvgIpc) is 2.78. The molecular weight excluding hydrogens is 252 g/mol. The molecule has 0 aromatic carbocycles. The van der Waals surface area contributed by atoms with Crippen LogP contribution in [0.3, 0.4) is 0 Å². The minimum Gasteiger partial charge on any atom is -0.305 e. The Labute approximate surface area is 110 Å². The molecule has 0 saturated carbocycles. The summed E-state index contributed by atoms with van der Waals surface area (Å²) < 4.78 is 0. The van der Waals surface area contributed by atoms with E-state index in [1.807, 2.05) is 6.07 Å². The zero-order valence-electron chi connectivity index (χ0n) is 9.90. The van der Waals surface area contributed by atoms with E-state index in [9.17, 15) is 4.79 Å². The molecule has 94 valence electrons. The summed E-state index contributed by atoms with van der Waals surface area (Å²) in [6, 6.07) is 5.01. The lowest BCUT2D eigenvalue weighted by Gasteiger charge is -2.00. The topological polar surface area (TPSA) is 70.7 Å². The largest absolute Gasteiger partial charge is 0.305 e. The maximum absolute atomic E-state index is 11.8. The molecule has 2 heterocycles. The lowest BCUT2D eigenvalue weighted by molar-refractivity contribution is 0.102. The molecule has 0 spiro atoms. The summed E-state index contributed by atoms with van der Waals surface area (Å²) in [5.74, 6) is 0.257. The van der Waals surface area contributed by atoms with E-state index in [2.05, 4.69) is 27.4 Å². The van der Waals surface area contributed by atoms with Crippen LogP contribution < -0.4 is 5.32 Å². The molecule has 0 unspecified atom stereocenters. The second-order valence-corrected chi connectivity index (χ2v) is 4.24. The fourth-order valence-electron chi connectivity index (χ4n) is 1.52. The van der Waals surface area contributed by atoms with Crippen LogP contribution in [-0.2, 0) is 6.42 Å². The fourth-order valence-corrected chi connectivity index (χ4v) is 1.63. The number of aryl methyl sites for hydroxylation is 1. The number of anilines is 1. The predicted molar refractivity (Wildman–Crippen MR) is 69.8 cm³/mol. The Morgan fingerprint density at radius 1 is 1.50 bits per heavy atom. The van der Waals surface area contributed by atoms with Crippen molar-refractivity contribution in [2.75, 3.05) is 5.32 Å². The molecule has 0 aliphatic rings. The standard InChI is InChI=1S/C12H13ClN4O/c1-2-3-9-6-11(17-16-9)15-12(18)8-4-5-10(13)14-7-8/h4-7H,2-3H2,1H3,(H2,15,16,17,18). The summed E-state index contributed by atoms with van der Waals surface area (Å²) in [6.07, 6.45) is 3.36. The second-order valence-electron chi connectivity index (χ2n) is 3.85. The molecule has 1 amide bonds. The number of rotatable bonds is 4. The zero-order chi connectivity index (χ0) is 13.0. The fraction of sp³-hybridized carbons (Fsp3) is 0.250. The third-order valence-corrected chi connectivity index (χ3v) is 2.61. The molecule has 18 heavy (non-hydrogen) atoms. The van der Waals surface area contributed by atoms with Gasteiger partial charge in [0.1, 0.15) is 5.15 Å². The molecule has 2 N–H and O–H groups in total. The van der Waals surface area contributed by atoms with Crippen LogP contribution in [0.1, 0.15) is 29.4 Å². The number of carbonyl (C=O) groups excluding carboxylic acids is 1. The Bertz CT molecular complexity index is 535. The molecule has 2 rings (SSSR count). The van der Waals surface area contributed by atoms with Crippen molar-refractivity contribution < 1.29 is 4.79 Å². The maximum atomic E-state index is 11.8. The van der Waals surface area contributed by atoms with Gasteiger partial charge in [0, 0.05) is 18.0 Å². The first kappa shape index (κ1) is 12.6. The molecule has 0 bridgehead atoms. The first-order chi connectivity index (χ1) is 8.69. The molecule has 2 aromatic heterocycles. The number of pyridine rings is 1. The van der Waals surface area contributed by atoms with Crippen LogP contribution >= 0.6 is 11.6 Å². The molecule has 0 atom stereocenters. The molecule has 0 aliphatic carbocycles. The number of amides is 1. The quantitative estimate of drug-likeness (QED) is 0.834. The van der Waals surface area contributed by atoms with Crippen LogP contribution in [0.15, 0.2) is 24.4 Å². The smallest absolute Gasteiger partial charge is 0.258 e. The SMILES string of the molecule is CCCc1cc(NC(=O)c2ccc(Cl)nc2)n[nH]1. The van der Waals surface area contributed by atoms with Crippen LogP contribution in [0.25, 0.3) is 0 Å². The number of H-pyrrole nitrogens is 1. The average molecular weight is 265 g/mol. The minimum atomic E-state index is -0.256. The van der Waals surface area contributed by atoms with E-state index >= 15 is 0 Å². The first-order valence-electron chi connectivity index (χ1n) is 5.66. The molecule has 6 heteroatoms. The lowest BCUT2D eigenvalue weighted by Crippen LogP contribution is -2.12. The van der Waals surface area contributed by atoms with Crippen molar-refractivity contribution in [2.24, 2.45) is 0 Å². The van der Waals surface area contributed by atoms with Crippen LogP contribution in [-0.4, -0.2) is 21.1 Å². The number of nitrogens with zero attached hydrogens (tertiary/aromatic N) is 2. The maximum Gasteiger partial charge on any atom is 0.258 e. The lowest BCUT2D eigenvalue weighted by atomic mass is 10.2. The van der Waals surface area contributed by atoms with E-state index in [0.717, 1.165) is 18.5 Å². The number of hydrogen-bond donors (Lipinski definition) is 2. The van der Waals surface area contributed by atoms with Crippen molar-refractivity contribution in [1.29, 1.82) is 0 Å². The number of halogens is 1. The number of nitrogens with one attached hydrogen (secondary N) is 2. The Balaban J connectivity index is 2.04. The summed E-state index contributed by atoms with van der Waals surface area (Å²) >= 11 is 5.65. The van der Waals surface area contributed by atoms with Crippen molar-refractivity contribution >= 4 is 23.3 Å². The Kier molecular flexibility index (Phi) is 3.94. The Hall–Kier alpha value is -1.88. The molecule has 0 fully saturated rings. The summed E-state index contributed by atoms with van der Waals surface area (Å²) in [4.78, 5) is 15.7. The highest BCUT2D eigenvalue weighted by Crippen LogP contribution is 2.10. The van der Waals surface area contributed by atoms with E-state index in [1.165, 1.54) is 6.20 Å². The highest BCUT2D eigenvalue weighted by atomic mass is 35.5. The zero-order valence-corrected chi connectivity index (χ0v) is 10.7. The van der Waals surface area contributed by atoms with Gasteiger partial charge in [0.05, 0.1) is 5.56 Å². The van der Waals surface area contributed by atoms with Crippen LogP contribution in [0, 0.1) is 0 Å². The highest BCUT2D eigenvalue weighted by molar-refractivity contribution is 6.29. The normalized spacial score (nSPS) is 10.3. The van der Waals surface area contributed by atoms with Gasteiger partial charge in [-0.05, 0) is 18.6 Å². The van der Waals surface area contributed by atoms with Crippen molar-refractivity contribution in [3.8, 4) is 0 Å². The Morgan fingerprint density at radius 3 is 3.00 bits per heavy atom. The van der Waals surface area contributed by atoms with Crippen molar-refractivity contribution in [3.05, 3.63) is 40.8 Å². The molecule has 0 radical (unpaired) electrons. The molecule has 0 saturated heterocycles. The molecular formula is C12H13ClN4O. The monoisotopic (exact) mass is 264 g/mol. The van der Waals surface area contributed by atoms with Gasteiger partial charge in [-0.1, -0.05) is 24.9 Å². The van der Waals surface area contributed by atoms with E-state index < -0.39 is 0 Å². The summed E-state index contributed by atoms with van der Waals surface area (Å²) in [7, 11) is 0. The van der Waals surface area contributed by atoms with Gasteiger partial charge in [0.25, 0.3) is 5.91 Å². The number of aromatic nitrogens is 3. The van der Waals surface area contributed by atoms with Gasteiger partial charge in [-0.3, -0.25) is 9.89 Å². The van der Waals surface area contributed by atoms with E-state index in [4.69, 9.17) is 11.6 Å². The molecule has 2 aromatic rings. The molecule has 0 aliphatic heterocycles. The van der Waals surface area contributed by atoms with Gasteiger partial charge in [0.15, 0.2) is 5.82 Å². The van der Waals surface area contributed by atoms with Crippen molar-refractivity contribution in [1.82, 2.24) is 15.2 Å². The van der Waals surface area contributed by atoms with Gasteiger partial charge in [0.2, 0.25) is 0 Å². The third kappa shape index (κ3) is 3.07. The van der Waals surface area contributed by atoms with Crippen LogP contribution in [0.5, 0.6) is 0 Å². The summed E-state index contributed by atoms with van der Waals surface area (Å²) in [5.41, 5.74) is 1.45. The van der Waals surface area contributed by atoms with E-state index in [-0.39, 0.29) is 5.91 Å². The number of aromatic amines is 1. The van der Waals surface area contributed by atoms with Gasteiger partial charge < -0.3 is 5.32 Å². The Morgan fingerprint density at radius 2 is 2.33 bits per heavy atom. The van der Waals surface area contributed by atoms with E-state index in [1.54, 1.807) is 12.1 Å². The minimum absolute atomic E-state index is 0.256.